The summed E-state index contributed by atoms with van der Waals surface area (Å²) < 4.78 is 7.30. The summed E-state index contributed by atoms with van der Waals surface area (Å²) in [5.74, 6) is 0.630. The van der Waals surface area contributed by atoms with Gasteiger partial charge in [0.15, 0.2) is 0 Å². The number of methoxy groups -OCH3 is 1. The topological polar surface area (TPSA) is 51.5 Å². The molecule has 0 aliphatic heterocycles. The van der Waals surface area contributed by atoms with Crippen molar-refractivity contribution in [2.45, 2.75) is 53.5 Å². The molecule has 0 radical (unpaired) electrons. The van der Waals surface area contributed by atoms with Gasteiger partial charge in [0.1, 0.15) is 0 Å². The first-order valence-corrected chi connectivity index (χ1v) is 9.27. The van der Waals surface area contributed by atoms with Crippen LogP contribution < -0.4 is 10.1 Å². The van der Waals surface area contributed by atoms with Gasteiger partial charge in [0, 0.05) is 17.7 Å². The number of hydrogen-bond donors (Lipinski definition) is 1. The smallest absolute Gasteiger partial charge is 0.213 e. The highest BCUT2D eigenvalue weighted by atomic mass is 16.5. The van der Waals surface area contributed by atoms with Crippen molar-refractivity contribution in [2.24, 2.45) is 0 Å². The molecule has 5 heteroatoms. The second-order valence-corrected chi connectivity index (χ2v) is 6.82. The molecule has 0 fully saturated rings. The number of nitrogens with zero attached hydrogens (tertiary/aromatic N) is 3. The van der Waals surface area contributed by atoms with E-state index in [1.807, 2.05) is 24.4 Å². The lowest BCUT2D eigenvalue weighted by Crippen LogP contribution is -2.18. The maximum Gasteiger partial charge on any atom is 0.213 e. The van der Waals surface area contributed by atoms with Crippen LogP contribution in [0.3, 0.4) is 0 Å². The predicted molar refractivity (Wildman–Crippen MR) is 107 cm³/mol. The van der Waals surface area contributed by atoms with Crippen molar-refractivity contribution in [3.63, 3.8) is 0 Å². The van der Waals surface area contributed by atoms with E-state index in [4.69, 9.17) is 9.84 Å². The number of rotatable bonds is 6. The summed E-state index contributed by atoms with van der Waals surface area (Å²) in [5, 5.41) is 8.48. The Morgan fingerprint density at radius 1 is 1.12 bits per heavy atom. The van der Waals surface area contributed by atoms with Crippen LogP contribution in [0, 0.1) is 20.8 Å². The fourth-order valence-corrected chi connectivity index (χ4v) is 3.44. The van der Waals surface area contributed by atoms with Crippen LogP contribution in [0.2, 0.25) is 0 Å². The minimum atomic E-state index is 0.462. The zero-order valence-corrected chi connectivity index (χ0v) is 16.6. The van der Waals surface area contributed by atoms with Gasteiger partial charge in [0.2, 0.25) is 5.88 Å². The first-order chi connectivity index (χ1) is 12.5. The van der Waals surface area contributed by atoms with Gasteiger partial charge in [-0.25, -0.2) is 9.50 Å². The fraction of sp³-hybridized carbons (Fsp3) is 0.429. The van der Waals surface area contributed by atoms with Gasteiger partial charge in [-0.2, -0.15) is 5.10 Å². The van der Waals surface area contributed by atoms with Crippen molar-refractivity contribution in [2.75, 3.05) is 12.4 Å². The molecule has 0 saturated carbocycles. The van der Waals surface area contributed by atoms with Gasteiger partial charge in [-0.15, -0.1) is 0 Å². The number of hydrogen-bond acceptors (Lipinski definition) is 4. The second kappa shape index (κ2) is 7.36. The summed E-state index contributed by atoms with van der Waals surface area (Å²) in [6.45, 7) is 10.6. The second-order valence-electron chi connectivity index (χ2n) is 6.82. The van der Waals surface area contributed by atoms with Crippen LogP contribution in [0.4, 0.5) is 5.69 Å². The monoisotopic (exact) mass is 352 g/mol. The van der Waals surface area contributed by atoms with Crippen LogP contribution in [-0.4, -0.2) is 27.7 Å². The summed E-state index contributed by atoms with van der Waals surface area (Å²) in [6, 6.07) is 8.77. The maximum atomic E-state index is 5.25. The van der Waals surface area contributed by atoms with E-state index < -0.39 is 0 Å². The van der Waals surface area contributed by atoms with E-state index in [1.165, 1.54) is 5.56 Å². The zero-order chi connectivity index (χ0) is 18.8. The molecule has 138 valence electrons. The summed E-state index contributed by atoms with van der Waals surface area (Å²) in [4.78, 5) is 4.54. The lowest BCUT2D eigenvalue weighted by atomic mass is 10.1. The van der Waals surface area contributed by atoms with Crippen molar-refractivity contribution in [3.05, 3.63) is 41.2 Å². The number of pyridine rings is 1. The molecule has 3 heterocycles. The maximum absolute atomic E-state index is 5.25. The average Bonchev–Trinajstić information content (AvgIpc) is 2.95. The van der Waals surface area contributed by atoms with Crippen LogP contribution in [0.5, 0.6) is 5.88 Å². The highest BCUT2D eigenvalue weighted by Crippen LogP contribution is 2.32. The Morgan fingerprint density at radius 2 is 1.85 bits per heavy atom. The van der Waals surface area contributed by atoms with Crippen molar-refractivity contribution in [1.82, 2.24) is 14.6 Å². The number of ether oxygens (including phenoxy) is 1. The third-order valence-electron chi connectivity index (χ3n) is 4.92. The Balaban J connectivity index is 2.19. The number of fused-ring (bicyclic) bond motifs is 1. The largest absolute Gasteiger partial charge is 0.481 e. The van der Waals surface area contributed by atoms with Crippen LogP contribution >= 0.6 is 0 Å². The third kappa shape index (κ3) is 3.26. The molecular weight excluding hydrogens is 324 g/mol. The van der Waals surface area contributed by atoms with E-state index in [1.54, 1.807) is 7.11 Å². The molecule has 3 rings (SSSR count). The molecule has 5 nitrogen and oxygen atoms in total. The highest BCUT2D eigenvalue weighted by Gasteiger charge is 2.17. The molecule has 0 amide bonds. The van der Waals surface area contributed by atoms with Crippen LogP contribution in [0.1, 0.15) is 43.6 Å². The summed E-state index contributed by atoms with van der Waals surface area (Å²) in [5.41, 5.74) is 7.52. The molecule has 3 aromatic rings. The van der Waals surface area contributed by atoms with Crippen LogP contribution in [0.15, 0.2) is 24.3 Å². The normalized spacial score (nSPS) is 11.3. The number of anilines is 1. The van der Waals surface area contributed by atoms with Gasteiger partial charge in [-0.3, -0.25) is 0 Å². The van der Waals surface area contributed by atoms with Crippen LogP contribution in [0.25, 0.3) is 16.8 Å². The van der Waals surface area contributed by atoms with Gasteiger partial charge >= 0.3 is 0 Å². The standard InChI is InChI=1S/C21H28N4O/c1-7-16(8-2)23-18-12-14(4)24-25-19(18)11-13(3)21(25)17-9-10-20(26-6)22-15(17)5/h9-12,16,23H,7-8H2,1-6H3. The van der Waals surface area contributed by atoms with E-state index in [2.05, 4.69) is 49.3 Å². The lowest BCUT2D eigenvalue weighted by Gasteiger charge is -2.18. The van der Waals surface area contributed by atoms with Gasteiger partial charge in [0.05, 0.1) is 35.4 Å². The number of aryl methyl sites for hydroxylation is 3. The molecule has 0 atom stereocenters. The summed E-state index contributed by atoms with van der Waals surface area (Å²) >= 11 is 0. The van der Waals surface area contributed by atoms with Crippen molar-refractivity contribution < 1.29 is 4.74 Å². The molecule has 0 saturated heterocycles. The molecule has 26 heavy (non-hydrogen) atoms. The van der Waals surface area contributed by atoms with Crippen molar-refractivity contribution in [1.29, 1.82) is 0 Å². The van der Waals surface area contributed by atoms with E-state index in [0.717, 1.165) is 46.7 Å². The van der Waals surface area contributed by atoms with Gasteiger partial charge in [-0.1, -0.05) is 13.8 Å². The minimum absolute atomic E-state index is 0.462. The Bertz CT molecular complexity index is 925. The van der Waals surface area contributed by atoms with Crippen molar-refractivity contribution in [3.8, 4) is 17.1 Å². The third-order valence-corrected chi connectivity index (χ3v) is 4.92. The van der Waals surface area contributed by atoms with E-state index in [0.29, 0.717) is 11.9 Å². The van der Waals surface area contributed by atoms with E-state index in [-0.39, 0.29) is 0 Å². The summed E-state index contributed by atoms with van der Waals surface area (Å²) in [6.07, 6.45) is 2.19. The Labute approximate surface area is 155 Å². The number of nitrogens with one attached hydrogen (secondary N) is 1. The lowest BCUT2D eigenvalue weighted by molar-refractivity contribution is 0.397. The fourth-order valence-electron chi connectivity index (χ4n) is 3.44. The first-order valence-electron chi connectivity index (χ1n) is 9.27. The molecule has 1 N–H and O–H groups in total. The van der Waals surface area contributed by atoms with E-state index in [9.17, 15) is 0 Å². The van der Waals surface area contributed by atoms with E-state index >= 15 is 0 Å². The van der Waals surface area contributed by atoms with Crippen LogP contribution in [-0.2, 0) is 0 Å². The number of aromatic nitrogens is 3. The average molecular weight is 352 g/mol. The Hall–Kier alpha value is -2.56. The predicted octanol–water partition coefficient (Wildman–Crippen LogP) is 4.93. The highest BCUT2D eigenvalue weighted by molar-refractivity contribution is 5.80. The zero-order valence-electron chi connectivity index (χ0n) is 16.6. The Kier molecular flexibility index (Phi) is 5.16. The molecule has 0 spiro atoms. The molecule has 0 aliphatic carbocycles. The molecule has 0 unspecified atom stereocenters. The van der Waals surface area contributed by atoms with Gasteiger partial charge in [0.25, 0.3) is 0 Å². The van der Waals surface area contributed by atoms with Gasteiger partial charge in [-0.05, 0) is 57.4 Å². The van der Waals surface area contributed by atoms with Crippen molar-refractivity contribution >= 4 is 11.2 Å². The molecule has 0 aromatic carbocycles. The molecule has 3 aromatic heterocycles. The molecule has 0 aliphatic rings. The molecular formula is C21H28N4O. The first kappa shape index (κ1) is 18.2. The summed E-state index contributed by atoms with van der Waals surface area (Å²) in [7, 11) is 1.64. The minimum Gasteiger partial charge on any atom is -0.481 e. The quantitative estimate of drug-likeness (QED) is 0.683. The molecule has 0 bridgehead atoms. The van der Waals surface area contributed by atoms with Gasteiger partial charge < -0.3 is 10.1 Å². The Morgan fingerprint density at radius 3 is 2.46 bits per heavy atom. The SMILES string of the molecule is CCC(CC)Nc1cc(C)nn2c(-c3ccc(OC)nc3C)c(C)cc12.